The molecule has 0 aliphatic rings. The molecule has 102 valence electrons. The normalized spacial score (nSPS) is 13.7. The van der Waals surface area contributed by atoms with Crippen molar-refractivity contribution in [3.8, 4) is 0 Å². The molecule has 0 saturated heterocycles. The van der Waals surface area contributed by atoms with Crippen molar-refractivity contribution < 1.29 is 17.9 Å². The van der Waals surface area contributed by atoms with E-state index in [0.29, 0.717) is 0 Å². The summed E-state index contributed by atoms with van der Waals surface area (Å²) in [6.07, 6.45) is -1.03. The molecule has 0 spiro atoms. The van der Waals surface area contributed by atoms with Crippen LogP contribution in [0.25, 0.3) is 10.8 Å². The molecule has 1 atom stereocenters. The molecule has 2 rings (SSSR count). The van der Waals surface area contributed by atoms with Crippen LogP contribution >= 0.6 is 0 Å². The summed E-state index contributed by atoms with van der Waals surface area (Å²) >= 11 is 0. The molecule has 6 heteroatoms. The van der Waals surface area contributed by atoms with Crippen LogP contribution in [0.4, 0.5) is 13.2 Å². The maximum absolute atomic E-state index is 12.0. The summed E-state index contributed by atoms with van der Waals surface area (Å²) in [7, 11) is 0. The fourth-order valence-electron chi connectivity index (χ4n) is 1.86. The van der Waals surface area contributed by atoms with Gasteiger partial charge in [-0.15, -0.1) is 0 Å². The molecule has 1 aromatic carbocycles. The lowest BCUT2D eigenvalue weighted by atomic mass is 10.0. The number of pyridine rings is 1. The first-order valence-corrected chi connectivity index (χ1v) is 5.70. The van der Waals surface area contributed by atoms with Gasteiger partial charge in [-0.25, -0.2) is 0 Å². The van der Waals surface area contributed by atoms with Gasteiger partial charge in [-0.05, 0) is 17.0 Å². The van der Waals surface area contributed by atoms with Crippen molar-refractivity contribution in [2.75, 3.05) is 13.2 Å². The molecule has 0 aliphatic heterocycles. The van der Waals surface area contributed by atoms with Crippen LogP contribution in [0.1, 0.15) is 11.6 Å². The van der Waals surface area contributed by atoms with E-state index in [1.54, 1.807) is 30.6 Å². The lowest BCUT2D eigenvalue weighted by Gasteiger charge is -2.15. The standard InChI is InChI=1S/C13H13F3N2O/c14-13(15,16)8-19-7-12(17)11-3-1-2-9-6-18-5-4-10(9)11/h1-6,12H,7-8,17H2. The van der Waals surface area contributed by atoms with Crippen LogP contribution in [-0.4, -0.2) is 24.4 Å². The molecule has 3 nitrogen and oxygen atoms in total. The molecule has 0 bridgehead atoms. The second-order valence-corrected chi connectivity index (χ2v) is 4.18. The number of benzene rings is 1. The van der Waals surface area contributed by atoms with E-state index in [4.69, 9.17) is 5.73 Å². The van der Waals surface area contributed by atoms with Crippen LogP contribution < -0.4 is 5.73 Å². The quantitative estimate of drug-likeness (QED) is 0.929. The summed E-state index contributed by atoms with van der Waals surface area (Å²) in [5, 5.41) is 1.77. The Hall–Kier alpha value is -1.66. The summed E-state index contributed by atoms with van der Waals surface area (Å²) in [4.78, 5) is 3.99. The van der Waals surface area contributed by atoms with E-state index in [-0.39, 0.29) is 6.61 Å². The third-order valence-corrected chi connectivity index (χ3v) is 2.68. The molecule has 0 saturated carbocycles. The van der Waals surface area contributed by atoms with Gasteiger partial charge in [0.1, 0.15) is 6.61 Å². The van der Waals surface area contributed by atoms with Gasteiger partial charge in [0.15, 0.2) is 0 Å². The molecule has 2 aromatic rings. The van der Waals surface area contributed by atoms with Crippen LogP contribution in [0.5, 0.6) is 0 Å². The van der Waals surface area contributed by atoms with E-state index in [0.717, 1.165) is 16.3 Å². The van der Waals surface area contributed by atoms with E-state index in [1.807, 2.05) is 6.07 Å². The van der Waals surface area contributed by atoms with Crippen LogP contribution in [0.15, 0.2) is 36.7 Å². The van der Waals surface area contributed by atoms with Gasteiger partial charge in [0, 0.05) is 17.8 Å². The molecule has 0 aliphatic carbocycles. The fourth-order valence-corrected chi connectivity index (χ4v) is 1.86. The number of nitrogens with zero attached hydrogens (tertiary/aromatic N) is 1. The molecule has 1 aromatic heterocycles. The average Bonchev–Trinajstić information content (AvgIpc) is 2.36. The number of nitrogens with two attached hydrogens (primary N) is 1. The van der Waals surface area contributed by atoms with Crippen LogP contribution in [0, 0.1) is 0 Å². The summed E-state index contributed by atoms with van der Waals surface area (Å²) in [5.74, 6) is 0. The van der Waals surface area contributed by atoms with E-state index in [2.05, 4.69) is 9.72 Å². The Kier molecular flexibility index (Phi) is 4.01. The van der Waals surface area contributed by atoms with Crippen molar-refractivity contribution in [3.63, 3.8) is 0 Å². The second kappa shape index (κ2) is 5.54. The van der Waals surface area contributed by atoms with Gasteiger partial charge in [-0.1, -0.05) is 18.2 Å². The molecule has 0 radical (unpaired) electrons. The lowest BCUT2D eigenvalue weighted by Crippen LogP contribution is -2.23. The minimum atomic E-state index is -4.33. The minimum Gasteiger partial charge on any atom is -0.370 e. The number of hydrogen-bond acceptors (Lipinski definition) is 3. The Morgan fingerprint density at radius 3 is 2.79 bits per heavy atom. The molecule has 2 N–H and O–H groups in total. The topological polar surface area (TPSA) is 48.1 Å². The van der Waals surface area contributed by atoms with Gasteiger partial charge in [-0.3, -0.25) is 4.98 Å². The lowest BCUT2D eigenvalue weighted by molar-refractivity contribution is -0.174. The number of ether oxygens (including phenoxy) is 1. The van der Waals surface area contributed by atoms with Crippen molar-refractivity contribution in [2.24, 2.45) is 5.73 Å². The smallest absolute Gasteiger partial charge is 0.370 e. The van der Waals surface area contributed by atoms with Gasteiger partial charge in [0.2, 0.25) is 0 Å². The highest BCUT2D eigenvalue weighted by Crippen LogP contribution is 2.23. The largest absolute Gasteiger partial charge is 0.411 e. The van der Waals surface area contributed by atoms with Crippen molar-refractivity contribution in [1.29, 1.82) is 0 Å². The number of hydrogen-bond donors (Lipinski definition) is 1. The highest BCUT2D eigenvalue weighted by Gasteiger charge is 2.27. The zero-order chi connectivity index (χ0) is 13.9. The summed E-state index contributed by atoms with van der Waals surface area (Å²) in [5.41, 5.74) is 6.63. The molecular formula is C13H13F3N2O. The Morgan fingerprint density at radius 1 is 1.26 bits per heavy atom. The van der Waals surface area contributed by atoms with Gasteiger partial charge in [0.05, 0.1) is 12.6 Å². The van der Waals surface area contributed by atoms with Gasteiger partial charge in [-0.2, -0.15) is 13.2 Å². The summed E-state index contributed by atoms with van der Waals surface area (Å²) < 4.78 is 40.6. The monoisotopic (exact) mass is 270 g/mol. The number of halogens is 3. The zero-order valence-electron chi connectivity index (χ0n) is 10.0. The molecule has 0 fully saturated rings. The Balaban J connectivity index is 2.11. The van der Waals surface area contributed by atoms with E-state index < -0.39 is 18.8 Å². The van der Waals surface area contributed by atoms with Crippen molar-refractivity contribution in [2.45, 2.75) is 12.2 Å². The molecule has 19 heavy (non-hydrogen) atoms. The van der Waals surface area contributed by atoms with Crippen molar-refractivity contribution >= 4 is 10.8 Å². The number of rotatable bonds is 4. The summed E-state index contributed by atoms with van der Waals surface area (Å²) in [6.45, 7) is -1.46. The highest BCUT2D eigenvalue weighted by atomic mass is 19.4. The van der Waals surface area contributed by atoms with Crippen molar-refractivity contribution in [1.82, 2.24) is 4.98 Å². The molecule has 1 unspecified atom stereocenters. The third-order valence-electron chi connectivity index (χ3n) is 2.68. The zero-order valence-corrected chi connectivity index (χ0v) is 10.0. The highest BCUT2D eigenvalue weighted by molar-refractivity contribution is 5.85. The SMILES string of the molecule is NC(COCC(F)(F)F)c1cccc2cnccc12. The number of aromatic nitrogens is 1. The minimum absolute atomic E-state index is 0.180. The molecular weight excluding hydrogens is 257 g/mol. The van der Waals surface area contributed by atoms with E-state index in [9.17, 15) is 13.2 Å². The van der Waals surface area contributed by atoms with Gasteiger partial charge >= 0.3 is 6.18 Å². The first kappa shape index (κ1) is 13.8. The summed E-state index contributed by atoms with van der Waals surface area (Å²) in [6, 6.07) is 6.63. The number of alkyl halides is 3. The number of fused-ring (bicyclic) bond motifs is 1. The Bertz CT molecular complexity index is 552. The van der Waals surface area contributed by atoms with Crippen molar-refractivity contribution in [3.05, 3.63) is 42.2 Å². The van der Waals surface area contributed by atoms with Gasteiger partial charge < -0.3 is 10.5 Å². The molecule has 1 heterocycles. The first-order chi connectivity index (χ1) is 8.97. The Labute approximate surface area is 108 Å². The molecule has 0 amide bonds. The average molecular weight is 270 g/mol. The van der Waals surface area contributed by atoms with Gasteiger partial charge in [0.25, 0.3) is 0 Å². The maximum atomic E-state index is 12.0. The van der Waals surface area contributed by atoms with Crippen LogP contribution in [0.2, 0.25) is 0 Å². The van der Waals surface area contributed by atoms with E-state index in [1.165, 1.54) is 0 Å². The predicted molar refractivity (Wildman–Crippen MR) is 65.5 cm³/mol. The third kappa shape index (κ3) is 3.65. The second-order valence-electron chi connectivity index (χ2n) is 4.18. The first-order valence-electron chi connectivity index (χ1n) is 5.70. The van der Waals surface area contributed by atoms with E-state index >= 15 is 0 Å². The predicted octanol–water partition coefficient (Wildman–Crippen LogP) is 2.81. The maximum Gasteiger partial charge on any atom is 0.411 e. The fraction of sp³-hybridized carbons (Fsp3) is 0.308. The van der Waals surface area contributed by atoms with Crippen LogP contribution in [-0.2, 0) is 4.74 Å². The van der Waals surface area contributed by atoms with Crippen LogP contribution in [0.3, 0.4) is 0 Å². The Morgan fingerprint density at radius 2 is 2.05 bits per heavy atom.